The van der Waals surface area contributed by atoms with Crippen LogP contribution in [0.5, 0.6) is 0 Å². The lowest BCUT2D eigenvalue weighted by atomic mass is 9.84. The zero-order valence-electron chi connectivity index (χ0n) is 12.3. The molecule has 0 unspecified atom stereocenters. The van der Waals surface area contributed by atoms with Gasteiger partial charge in [0.15, 0.2) is 0 Å². The highest BCUT2D eigenvalue weighted by molar-refractivity contribution is 5.28. The summed E-state index contributed by atoms with van der Waals surface area (Å²) in [6, 6.07) is 9.23. The monoisotopic (exact) mass is 245 g/mol. The summed E-state index contributed by atoms with van der Waals surface area (Å²) in [5.41, 5.74) is 3.52. The van der Waals surface area contributed by atoms with Crippen LogP contribution in [0.15, 0.2) is 24.3 Å². The first kappa shape index (κ1) is 13.6. The number of rotatable bonds is 3. The van der Waals surface area contributed by atoms with Gasteiger partial charge in [-0.25, -0.2) is 0 Å². The normalized spacial score (nSPS) is 19.1. The van der Waals surface area contributed by atoms with E-state index in [0.29, 0.717) is 5.54 Å². The molecule has 1 heteroatoms. The van der Waals surface area contributed by atoms with E-state index in [0.717, 1.165) is 0 Å². The molecule has 0 aliphatic heterocycles. The Morgan fingerprint density at radius 2 is 1.61 bits per heavy atom. The summed E-state index contributed by atoms with van der Waals surface area (Å²) in [5, 5.41) is 3.57. The summed E-state index contributed by atoms with van der Waals surface area (Å²) in [5.74, 6) is 0. The minimum absolute atomic E-state index is 0.257. The highest BCUT2D eigenvalue weighted by atomic mass is 14.9. The predicted octanol–water partition coefficient (Wildman–Crippen LogP) is 4.06. The number of benzene rings is 1. The molecule has 1 nitrogen and oxygen atoms in total. The Bertz CT molecular complexity index is 377. The molecule has 0 bridgehead atoms. The van der Waals surface area contributed by atoms with Gasteiger partial charge in [-0.2, -0.15) is 0 Å². The highest BCUT2D eigenvalue weighted by Gasteiger charge is 2.31. The molecule has 0 aromatic heterocycles. The van der Waals surface area contributed by atoms with Crippen molar-refractivity contribution in [1.82, 2.24) is 5.32 Å². The van der Waals surface area contributed by atoms with Crippen LogP contribution in [0.3, 0.4) is 0 Å². The molecule has 1 aromatic rings. The van der Waals surface area contributed by atoms with Crippen molar-refractivity contribution in [3.63, 3.8) is 0 Å². The molecular formula is C17H27N. The van der Waals surface area contributed by atoms with Crippen molar-refractivity contribution in [2.24, 2.45) is 0 Å². The Balaban J connectivity index is 2.11. The maximum absolute atomic E-state index is 3.57. The number of hydrogen-bond acceptors (Lipinski definition) is 1. The molecule has 18 heavy (non-hydrogen) atoms. The molecule has 1 aliphatic rings. The molecule has 2 rings (SSSR count). The van der Waals surface area contributed by atoms with Crippen LogP contribution in [-0.4, -0.2) is 12.6 Å². The SMILES string of the molecule is CNC1(Cc2ccc(C(C)(C)C)cc2)CCCC1. The fourth-order valence-corrected chi connectivity index (χ4v) is 3.08. The Hall–Kier alpha value is -0.820. The van der Waals surface area contributed by atoms with Gasteiger partial charge in [0, 0.05) is 5.54 Å². The fraction of sp³-hybridized carbons (Fsp3) is 0.647. The van der Waals surface area contributed by atoms with Gasteiger partial charge in [-0.3, -0.25) is 0 Å². The minimum atomic E-state index is 0.257. The largest absolute Gasteiger partial charge is 0.314 e. The second kappa shape index (κ2) is 5.05. The first-order valence-electron chi connectivity index (χ1n) is 7.24. The average molecular weight is 245 g/mol. The van der Waals surface area contributed by atoms with E-state index in [1.807, 2.05) is 0 Å². The van der Waals surface area contributed by atoms with Crippen molar-refractivity contribution in [3.8, 4) is 0 Å². The summed E-state index contributed by atoms with van der Waals surface area (Å²) in [4.78, 5) is 0. The summed E-state index contributed by atoms with van der Waals surface area (Å²) >= 11 is 0. The van der Waals surface area contributed by atoms with Gasteiger partial charge in [0.25, 0.3) is 0 Å². The molecule has 0 spiro atoms. The van der Waals surface area contributed by atoms with E-state index in [2.05, 4.69) is 57.4 Å². The average Bonchev–Trinajstić information content (AvgIpc) is 2.78. The first-order valence-corrected chi connectivity index (χ1v) is 7.24. The topological polar surface area (TPSA) is 12.0 Å². The predicted molar refractivity (Wildman–Crippen MR) is 79.1 cm³/mol. The third-order valence-corrected chi connectivity index (χ3v) is 4.45. The van der Waals surface area contributed by atoms with Crippen LogP contribution in [0.25, 0.3) is 0 Å². The van der Waals surface area contributed by atoms with Gasteiger partial charge < -0.3 is 5.32 Å². The lowest BCUT2D eigenvalue weighted by Gasteiger charge is -2.29. The van der Waals surface area contributed by atoms with E-state index >= 15 is 0 Å². The maximum atomic E-state index is 3.57. The van der Waals surface area contributed by atoms with Crippen LogP contribution >= 0.6 is 0 Å². The highest BCUT2D eigenvalue weighted by Crippen LogP contribution is 2.33. The quantitative estimate of drug-likeness (QED) is 0.847. The third kappa shape index (κ3) is 2.95. The van der Waals surface area contributed by atoms with Crippen molar-refractivity contribution >= 4 is 0 Å². The molecule has 100 valence electrons. The van der Waals surface area contributed by atoms with Gasteiger partial charge in [0.05, 0.1) is 0 Å². The number of likely N-dealkylation sites (N-methyl/N-ethyl adjacent to an activating group) is 1. The molecule has 0 radical (unpaired) electrons. The van der Waals surface area contributed by atoms with Crippen LogP contribution in [-0.2, 0) is 11.8 Å². The van der Waals surface area contributed by atoms with E-state index in [1.54, 1.807) is 0 Å². The van der Waals surface area contributed by atoms with Crippen molar-refractivity contribution in [2.45, 2.75) is 63.8 Å². The lowest BCUT2D eigenvalue weighted by Crippen LogP contribution is -2.42. The van der Waals surface area contributed by atoms with E-state index in [1.165, 1.54) is 43.2 Å². The molecule has 1 N–H and O–H groups in total. The van der Waals surface area contributed by atoms with Crippen LogP contribution in [0.4, 0.5) is 0 Å². The van der Waals surface area contributed by atoms with E-state index in [4.69, 9.17) is 0 Å². The van der Waals surface area contributed by atoms with Gasteiger partial charge >= 0.3 is 0 Å². The molecule has 1 fully saturated rings. The van der Waals surface area contributed by atoms with Crippen LogP contribution in [0, 0.1) is 0 Å². The molecule has 0 atom stereocenters. The smallest absolute Gasteiger partial charge is 0.0218 e. The van der Waals surface area contributed by atoms with Gasteiger partial charge in [-0.05, 0) is 42.9 Å². The standard InChI is InChI=1S/C17H27N/c1-16(2,3)15-9-7-14(8-10-15)13-17(18-4)11-5-6-12-17/h7-10,18H,5-6,11-13H2,1-4H3. The maximum Gasteiger partial charge on any atom is 0.0218 e. The van der Waals surface area contributed by atoms with Crippen LogP contribution in [0.1, 0.15) is 57.6 Å². The summed E-state index contributed by atoms with van der Waals surface area (Å²) in [6.07, 6.45) is 6.57. The third-order valence-electron chi connectivity index (χ3n) is 4.45. The molecule has 1 aromatic carbocycles. The van der Waals surface area contributed by atoms with E-state index in [-0.39, 0.29) is 5.41 Å². The Morgan fingerprint density at radius 1 is 1.06 bits per heavy atom. The van der Waals surface area contributed by atoms with E-state index < -0.39 is 0 Å². The van der Waals surface area contributed by atoms with Gasteiger partial charge in [0.1, 0.15) is 0 Å². The first-order chi connectivity index (χ1) is 8.45. The second-order valence-electron chi connectivity index (χ2n) is 6.86. The molecule has 1 saturated carbocycles. The Morgan fingerprint density at radius 3 is 2.06 bits per heavy atom. The summed E-state index contributed by atoms with van der Waals surface area (Å²) < 4.78 is 0. The van der Waals surface area contributed by atoms with Gasteiger partial charge in [-0.1, -0.05) is 57.9 Å². The minimum Gasteiger partial charge on any atom is -0.314 e. The van der Waals surface area contributed by atoms with Crippen molar-refractivity contribution in [3.05, 3.63) is 35.4 Å². The van der Waals surface area contributed by atoms with Crippen molar-refractivity contribution < 1.29 is 0 Å². The molecule has 0 heterocycles. The van der Waals surface area contributed by atoms with Crippen LogP contribution in [0.2, 0.25) is 0 Å². The molecule has 1 aliphatic carbocycles. The van der Waals surface area contributed by atoms with Gasteiger partial charge in [-0.15, -0.1) is 0 Å². The Kier molecular flexibility index (Phi) is 3.82. The van der Waals surface area contributed by atoms with E-state index in [9.17, 15) is 0 Å². The van der Waals surface area contributed by atoms with Gasteiger partial charge in [0.2, 0.25) is 0 Å². The summed E-state index contributed by atoms with van der Waals surface area (Å²) in [6.45, 7) is 6.82. The lowest BCUT2D eigenvalue weighted by molar-refractivity contribution is 0.357. The second-order valence-corrected chi connectivity index (χ2v) is 6.86. The Labute approximate surface area is 112 Å². The van der Waals surface area contributed by atoms with Crippen molar-refractivity contribution in [2.75, 3.05) is 7.05 Å². The summed E-state index contributed by atoms with van der Waals surface area (Å²) in [7, 11) is 2.12. The number of nitrogens with one attached hydrogen (secondary N) is 1. The molecule has 0 amide bonds. The zero-order chi connectivity index (χ0) is 13.2. The fourth-order valence-electron chi connectivity index (χ4n) is 3.08. The van der Waals surface area contributed by atoms with Crippen molar-refractivity contribution in [1.29, 1.82) is 0 Å². The molecular weight excluding hydrogens is 218 g/mol. The number of hydrogen-bond donors (Lipinski definition) is 1. The zero-order valence-corrected chi connectivity index (χ0v) is 12.3. The molecule has 0 saturated heterocycles. The van der Waals surface area contributed by atoms with Crippen LogP contribution < -0.4 is 5.32 Å².